The summed E-state index contributed by atoms with van der Waals surface area (Å²) in [6, 6.07) is 6.56. The van der Waals surface area contributed by atoms with Gasteiger partial charge >= 0.3 is 0 Å². The largest absolute Gasteiger partial charge is 0.394 e. The van der Waals surface area contributed by atoms with Crippen LogP contribution in [0.15, 0.2) is 35.5 Å². The number of amides is 1. The molecule has 0 bridgehead atoms. The molecular formula is C18H18F2IN3O5. The molecule has 4 N–H and O–H groups in total. The Morgan fingerprint density at radius 2 is 1.86 bits per heavy atom. The molecule has 2 aromatic carbocycles. The molecule has 0 aliphatic carbocycles. The van der Waals surface area contributed by atoms with E-state index in [9.17, 15) is 13.6 Å². The number of nitrogens with zero attached hydrogens (tertiary/aromatic N) is 1. The topological polar surface area (TPSA) is 112 Å². The molecule has 0 atom stereocenters. The Labute approximate surface area is 178 Å². The monoisotopic (exact) mass is 521 g/mol. The lowest BCUT2D eigenvalue weighted by molar-refractivity contribution is 0.0169. The van der Waals surface area contributed by atoms with Gasteiger partial charge in [-0.3, -0.25) is 9.63 Å². The molecule has 0 aliphatic heterocycles. The number of oxime groups is 1. The molecule has 0 aromatic heterocycles. The van der Waals surface area contributed by atoms with Crippen molar-refractivity contribution >= 4 is 46.1 Å². The van der Waals surface area contributed by atoms with E-state index in [0.717, 1.165) is 12.3 Å². The summed E-state index contributed by atoms with van der Waals surface area (Å²) >= 11 is 1.95. The van der Waals surface area contributed by atoms with Crippen molar-refractivity contribution in [3.05, 3.63) is 56.7 Å². The zero-order chi connectivity index (χ0) is 21.2. The first kappa shape index (κ1) is 22.9. The van der Waals surface area contributed by atoms with Crippen LogP contribution in [0.5, 0.6) is 0 Å². The highest BCUT2D eigenvalue weighted by molar-refractivity contribution is 14.1. The van der Waals surface area contributed by atoms with Crippen LogP contribution in [0.25, 0.3) is 0 Å². The Bertz CT molecular complexity index is 883. The number of hydrogen-bond acceptors (Lipinski definition) is 7. The van der Waals surface area contributed by atoms with E-state index in [0.29, 0.717) is 3.57 Å². The van der Waals surface area contributed by atoms with Gasteiger partial charge in [-0.15, -0.1) is 0 Å². The summed E-state index contributed by atoms with van der Waals surface area (Å²) < 4.78 is 29.3. The second kappa shape index (κ2) is 11.6. The second-order valence-electron chi connectivity index (χ2n) is 5.46. The maximum atomic E-state index is 14.4. The van der Waals surface area contributed by atoms with Gasteiger partial charge in [-0.2, -0.15) is 0 Å². The number of rotatable bonds is 10. The average molecular weight is 521 g/mol. The number of carbonyl (C=O) groups is 1. The standard InChI is InChI=1S/C18H18F2IN3O5/c19-14-9-17(23-16-2-1-12(21)8-15(16)20)13(18(27)24-29-6-4-26)7-11(14)10-22-28-5-3-25/h1-2,7-10,23,25-26H,3-6H2,(H,24,27)/b22-10+. The number of hydrogen-bond donors (Lipinski definition) is 4. The highest BCUT2D eigenvalue weighted by Crippen LogP contribution is 2.27. The van der Waals surface area contributed by atoms with Crippen LogP contribution in [-0.4, -0.2) is 48.8 Å². The molecule has 0 heterocycles. The van der Waals surface area contributed by atoms with Gasteiger partial charge in [-0.25, -0.2) is 14.3 Å². The predicted octanol–water partition coefficient (Wildman–Crippen LogP) is 2.31. The number of aliphatic hydroxyl groups excluding tert-OH is 2. The molecule has 11 heteroatoms. The number of hydroxylamine groups is 1. The van der Waals surface area contributed by atoms with Crippen molar-refractivity contribution in [2.45, 2.75) is 0 Å². The van der Waals surface area contributed by atoms with Gasteiger partial charge in [0.05, 0.1) is 43.0 Å². The fraction of sp³-hybridized carbons (Fsp3) is 0.222. The van der Waals surface area contributed by atoms with E-state index in [-0.39, 0.29) is 48.9 Å². The third kappa shape index (κ3) is 6.88. The molecule has 0 fully saturated rings. The van der Waals surface area contributed by atoms with Crippen LogP contribution in [0.2, 0.25) is 0 Å². The summed E-state index contributed by atoms with van der Waals surface area (Å²) in [6.45, 7) is -0.806. The summed E-state index contributed by atoms with van der Waals surface area (Å²) in [5, 5.41) is 23.6. The zero-order valence-corrected chi connectivity index (χ0v) is 17.2. The molecular weight excluding hydrogens is 503 g/mol. The van der Waals surface area contributed by atoms with Crippen molar-refractivity contribution in [1.29, 1.82) is 0 Å². The Morgan fingerprint density at radius 3 is 2.55 bits per heavy atom. The predicted molar refractivity (Wildman–Crippen MR) is 110 cm³/mol. The third-order valence-electron chi connectivity index (χ3n) is 3.39. The lowest BCUT2D eigenvalue weighted by Crippen LogP contribution is -2.26. The average Bonchev–Trinajstić information content (AvgIpc) is 2.68. The van der Waals surface area contributed by atoms with Gasteiger partial charge in [0.2, 0.25) is 0 Å². The van der Waals surface area contributed by atoms with Gasteiger partial charge < -0.3 is 20.4 Å². The van der Waals surface area contributed by atoms with Gasteiger partial charge in [-0.05, 0) is 52.9 Å². The molecule has 0 spiro atoms. The zero-order valence-electron chi connectivity index (χ0n) is 15.0. The van der Waals surface area contributed by atoms with Gasteiger partial charge in [0, 0.05) is 9.13 Å². The maximum absolute atomic E-state index is 14.4. The van der Waals surface area contributed by atoms with E-state index in [1.54, 1.807) is 6.07 Å². The molecule has 0 unspecified atom stereocenters. The number of carbonyl (C=O) groups excluding carboxylic acids is 1. The molecule has 1 amide bonds. The first-order valence-corrected chi connectivity index (χ1v) is 9.39. The molecule has 156 valence electrons. The molecule has 0 saturated heterocycles. The highest BCUT2D eigenvalue weighted by atomic mass is 127. The fourth-order valence-corrected chi connectivity index (χ4v) is 2.57. The van der Waals surface area contributed by atoms with Gasteiger partial charge in [0.25, 0.3) is 5.91 Å². The molecule has 8 nitrogen and oxygen atoms in total. The number of anilines is 2. The van der Waals surface area contributed by atoms with E-state index in [4.69, 9.17) is 19.9 Å². The van der Waals surface area contributed by atoms with Crippen molar-refractivity contribution in [3.63, 3.8) is 0 Å². The van der Waals surface area contributed by atoms with Crippen LogP contribution in [0.4, 0.5) is 20.2 Å². The van der Waals surface area contributed by atoms with Crippen LogP contribution in [0.3, 0.4) is 0 Å². The van der Waals surface area contributed by atoms with E-state index >= 15 is 0 Å². The summed E-state index contributed by atoms with van der Waals surface area (Å²) in [5.74, 6) is -2.08. The SMILES string of the molecule is O=C(NOCCO)c1cc(/C=N/OCCO)c(F)cc1Nc1ccc(I)cc1F. The Balaban J connectivity index is 2.37. The number of benzene rings is 2. The van der Waals surface area contributed by atoms with Crippen LogP contribution < -0.4 is 10.8 Å². The number of halogens is 3. The van der Waals surface area contributed by atoms with Gasteiger partial charge in [-0.1, -0.05) is 5.16 Å². The van der Waals surface area contributed by atoms with Crippen molar-refractivity contribution < 1.29 is 33.5 Å². The minimum atomic E-state index is -0.752. The second-order valence-corrected chi connectivity index (χ2v) is 6.71. The first-order chi connectivity index (χ1) is 14.0. The summed E-state index contributed by atoms with van der Waals surface area (Å²) in [6.07, 6.45) is 1.03. The lowest BCUT2D eigenvalue weighted by Gasteiger charge is -2.14. The number of nitrogens with one attached hydrogen (secondary N) is 2. The summed E-state index contributed by atoms with van der Waals surface area (Å²) in [5.41, 5.74) is 2.00. The fourth-order valence-electron chi connectivity index (χ4n) is 2.12. The van der Waals surface area contributed by atoms with E-state index < -0.39 is 17.5 Å². The van der Waals surface area contributed by atoms with E-state index in [1.165, 1.54) is 18.2 Å². The smallest absolute Gasteiger partial charge is 0.276 e. The van der Waals surface area contributed by atoms with E-state index in [2.05, 4.69) is 16.0 Å². The first-order valence-electron chi connectivity index (χ1n) is 8.31. The summed E-state index contributed by atoms with van der Waals surface area (Å²) in [7, 11) is 0. The maximum Gasteiger partial charge on any atom is 0.276 e. The van der Waals surface area contributed by atoms with Crippen LogP contribution in [-0.2, 0) is 9.68 Å². The van der Waals surface area contributed by atoms with Crippen molar-refractivity contribution in [3.8, 4) is 0 Å². The van der Waals surface area contributed by atoms with Crippen LogP contribution >= 0.6 is 22.6 Å². The number of aliphatic hydroxyl groups is 2. The van der Waals surface area contributed by atoms with Gasteiger partial charge in [0.15, 0.2) is 0 Å². The molecule has 0 saturated carbocycles. The lowest BCUT2D eigenvalue weighted by atomic mass is 10.1. The molecule has 2 aromatic rings. The van der Waals surface area contributed by atoms with Crippen molar-refractivity contribution in [1.82, 2.24) is 5.48 Å². The Kier molecular flexibility index (Phi) is 9.18. The molecule has 0 radical (unpaired) electrons. The molecule has 29 heavy (non-hydrogen) atoms. The van der Waals surface area contributed by atoms with E-state index in [1.807, 2.05) is 22.6 Å². The minimum Gasteiger partial charge on any atom is -0.394 e. The minimum absolute atomic E-state index is 0.0128. The van der Waals surface area contributed by atoms with Crippen LogP contribution in [0, 0.1) is 15.2 Å². The highest BCUT2D eigenvalue weighted by Gasteiger charge is 2.17. The normalized spacial score (nSPS) is 10.9. The van der Waals surface area contributed by atoms with Crippen molar-refractivity contribution in [2.75, 3.05) is 31.7 Å². The third-order valence-corrected chi connectivity index (χ3v) is 4.06. The van der Waals surface area contributed by atoms with Crippen molar-refractivity contribution in [2.24, 2.45) is 5.16 Å². The van der Waals surface area contributed by atoms with Crippen LogP contribution in [0.1, 0.15) is 15.9 Å². The summed E-state index contributed by atoms with van der Waals surface area (Å²) in [4.78, 5) is 21.9. The molecule has 0 aliphatic rings. The Hall–Kier alpha value is -2.35. The Morgan fingerprint density at radius 1 is 1.10 bits per heavy atom. The quantitative estimate of drug-likeness (QED) is 0.165. The van der Waals surface area contributed by atoms with Gasteiger partial charge in [0.1, 0.15) is 18.2 Å². The molecule has 2 rings (SSSR count).